The first-order valence-corrected chi connectivity index (χ1v) is 4.81. The quantitative estimate of drug-likeness (QED) is 0.741. The lowest BCUT2D eigenvalue weighted by atomic mass is 10.2. The van der Waals surface area contributed by atoms with Crippen molar-refractivity contribution in [1.82, 2.24) is 20.3 Å². The van der Waals surface area contributed by atoms with Gasteiger partial charge in [0.2, 0.25) is 0 Å². The molecular weight excluding hydrogens is 164 g/mol. The van der Waals surface area contributed by atoms with E-state index in [-0.39, 0.29) is 0 Å². The smallest absolute Gasteiger partial charge is 0.0964 e. The molecule has 0 aliphatic carbocycles. The third-order valence-electron chi connectivity index (χ3n) is 2.00. The van der Waals surface area contributed by atoms with Gasteiger partial charge in [-0.15, -0.1) is 5.10 Å². The van der Waals surface area contributed by atoms with Crippen LogP contribution in [0.15, 0.2) is 6.20 Å². The number of hydrogen-bond acceptors (Lipinski definition) is 3. The Labute approximate surface area is 79.3 Å². The topological polar surface area (TPSA) is 42.7 Å². The normalized spacial score (nSPS) is 13.2. The largest absolute Gasteiger partial charge is 0.309 e. The minimum Gasteiger partial charge on any atom is -0.309 e. The number of aromatic nitrogens is 3. The fourth-order valence-corrected chi connectivity index (χ4v) is 1.29. The molecule has 0 aliphatic rings. The predicted octanol–water partition coefficient (Wildman–Crippen LogP) is 1.09. The molecule has 0 fully saturated rings. The molecule has 13 heavy (non-hydrogen) atoms. The molecule has 1 aromatic rings. The average molecular weight is 182 g/mol. The molecule has 1 N–H and O–H groups in total. The molecule has 0 aliphatic heterocycles. The van der Waals surface area contributed by atoms with Crippen molar-refractivity contribution in [2.45, 2.75) is 39.3 Å². The Morgan fingerprint density at radius 2 is 2.38 bits per heavy atom. The lowest BCUT2D eigenvalue weighted by molar-refractivity contribution is 0.504. The molecule has 1 unspecified atom stereocenters. The lowest BCUT2D eigenvalue weighted by Gasteiger charge is -2.10. The number of aryl methyl sites for hydroxylation is 1. The van der Waals surface area contributed by atoms with E-state index in [4.69, 9.17) is 0 Å². The Hall–Kier alpha value is -0.900. The fraction of sp³-hybridized carbons (Fsp3) is 0.778. The molecule has 0 saturated heterocycles. The summed E-state index contributed by atoms with van der Waals surface area (Å²) in [4.78, 5) is 0. The molecule has 1 heterocycles. The van der Waals surface area contributed by atoms with Gasteiger partial charge in [0.25, 0.3) is 0 Å². The van der Waals surface area contributed by atoms with Crippen molar-refractivity contribution < 1.29 is 0 Å². The standard InChI is InChI=1S/C9H18N4/c1-4-5-8(2)10-6-9-7-13(3)12-11-9/h7-8,10H,4-6H2,1-3H3. The predicted molar refractivity (Wildman–Crippen MR) is 52.2 cm³/mol. The monoisotopic (exact) mass is 182 g/mol. The van der Waals surface area contributed by atoms with Crippen LogP contribution in [0.2, 0.25) is 0 Å². The van der Waals surface area contributed by atoms with Gasteiger partial charge >= 0.3 is 0 Å². The highest BCUT2D eigenvalue weighted by molar-refractivity contribution is 4.91. The first kappa shape index (κ1) is 10.2. The van der Waals surface area contributed by atoms with E-state index >= 15 is 0 Å². The molecule has 1 rings (SSSR count). The van der Waals surface area contributed by atoms with Gasteiger partial charge in [0, 0.05) is 25.8 Å². The van der Waals surface area contributed by atoms with E-state index in [1.165, 1.54) is 12.8 Å². The molecule has 4 heteroatoms. The van der Waals surface area contributed by atoms with Gasteiger partial charge in [-0.3, -0.25) is 4.68 Å². The van der Waals surface area contributed by atoms with E-state index < -0.39 is 0 Å². The van der Waals surface area contributed by atoms with Crippen molar-refractivity contribution in [1.29, 1.82) is 0 Å². The second-order valence-electron chi connectivity index (χ2n) is 3.45. The van der Waals surface area contributed by atoms with Crippen LogP contribution >= 0.6 is 0 Å². The molecule has 0 radical (unpaired) electrons. The summed E-state index contributed by atoms with van der Waals surface area (Å²) in [5, 5.41) is 11.3. The van der Waals surface area contributed by atoms with Gasteiger partial charge in [-0.2, -0.15) is 0 Å². The van der Waals surface area contributed by atoms with Gasteiger partial charge in [0.05, 0.1) is 5.69 Å². The second-order valence-corrected chi connectivity index (χ2v) is 3.45. The van der Waals surface area contributed by atoms with Crippen molar-refractivity contribution in [3.63, 3.8) is 0 Å². The van der Waals surface area contributed by atoms with Crippen LogP contribution in [0.3, 0.4) is 0 Å². The molecule has 0 amide bonds. The molecule has 74 valence electrons. The molecule has 1 aromatic heterocycles. The van der Waals surface area contributed by atoms with E-state index in [0.717, 1.165) is 12.2 Å². The Morgan fingerprint density at radius 3 is 2.92 bits per heavy atom. The minimum atomic E-state index is 0.562. The van der Waals surface area contributed by atoms with Crippen molar-refractivity contribution in [2.24, 2.45) is 7.05 Å². The average Bonchev–Trinajstić information content (AvgIpc) is 2.49. The van der Waals surface area contributed by atoms with Gasteiger partial charge in [0.1, 0.15) is 0 Å². The maximum atomic E-state index is 4.00. The Bertz CT molecular complexity index is 244. The third-order valence-corrected chi connectivity index (χ3v) is 2.00. The first-order chi connectivity index (χ1) is 6.22. The summed E-state index contributed by atoms with van der Waals surface area (Å²) in [5.41, 5.74) is 1.01. The zero-order valence-electron chi connectivity index (χ0n) is 8.62. The van der Waals surface area contributed by atoms with Crippen LogP contribution in [-0.2, 0) is 13.6 Å². The van der Waals surface area contributed by atoms with Gasteiger partial charge in [-0.25, -0.2) is 0 Å². The van der Waals surface area contributed by atoms with Crippen LogP contribution in [0.4, 0.5) is 0 Å². The van der Waals surface area contributed by atoms with E-state index in [9.17, 15) is 0 Å². The molecule has 0 aromatic carbocycles. The Morgan fingerprint density at radius 1 is 1.62 bits per heavy atom. The van der Waals surface area contributed by atoms with Crippen LogP contribution in [0, 0.1) is 0 Å². The second kappa shape index (κ2) is 4.97. The Kier molecular flexibility index (Phi) is 3.89. The van der Waals surface area contributed by atoms with E-state index in [1.54, 1.807) is 4.68 Å². The van der Waals surface area contributed by atoms with Gasteiger partial charge in [-0.1, -0.05) is 18.6 Å². The highest BCUT2D eigenvalue weighted by atomic mass is 15.4. The number of nitrogens with zero attached hydrogens (tertiary/aromatic N) is 3. The number of rotatable bonds is 5. The zero-order valence-corrected chi connectivity index (χ0v) is 8.62. The van der Waals surface area contributed by atoms with Crippen LogP contribution < -0.4 is 5.32 Å². The van der Waals surface area contributed by atoms with E-state index in [1.807, 2.05) is 13.2 Å². The molecule has 0 spiro atoms. The van der Waals surface area contributed by atoms with Crippen LogP contribution in [0.5, 0.6) is 0 Å². The number of nitrogens with one attached hydrogen (secondary N) is 1. The maximum absolute atomic E-state index is 4.00. The molecule has 0 bridgehead atoms. The van der Waals surface area contributed by atoms with Crippen molar-refractivity contribution >= 4 is 0 Å². The lowest BCUT2D eigenvalue weighted by Crippen LogP contribution is -2.25. The highest BCUT2D eigenvalue weighted by Gasteiger charge is 2.01. The first-order valence-electron chi connectivity index (χ1n) is 4.81. The van der Waals surface area contributed by atoms with Gasteiger partial charge < -0.3 is 5.32 Å². The summed E-state index contributed by atoms with van der Waals surface area (Å²) in [5.74, 6) is 0. The molecular formula is C9H18N4. The third kappa shape index (κ3) is 3.55. The zero-order chi connectivity index (χ0) is 9.68. The van der Waals surface area contributed by atoms with Crippen molar-refractivity contribution in [3.8, 4) is 0 Å². The summed E-state index contributed by atoms with van der Waals surface area (Å²) in [6.45, 7) is 5.20. The minimum absolute atomic E-state index is 0.562. The fourth-order valence-electron chi connectivity index (χ4n) is 1.29. The van der Waals surface area contributed by atoms with E-state index in [2.05, 4.69) is 29.5 Å². The van der Waals surface area contributed by atoms with Crippen molar-refractivity contribution in [2.75, 3.05) is 0 Å². The maximum Gasteiger partial charge on any atom is 0.0964 e. The summed E-state index contributed by atoms with van der Waals surface area (Å²) in [6.07, 6.45) is 4.36. The molecule has 4 nitrogen and oxygen atoms in total. The summed E-state index contributed by atoms with van der Waals surface area (Å²) >= 11 is 0. The summed E-state index contributed by atoms with van der Waals surface area (Å²) in [7, 11) is 1.88. The van der Waals surface area contributed by atoms with E-state index in [0.29, 0.717) is 6.04 Å². The van der Waals surface area contributed by atoms with Gasteiger partial charge in [0.15, 0.2) is 0 Å². The summed E-state index contributed by atoms with van der Waals surface area (Å²) < 4.78 is 1.72. The Balaban J connectivity index is 2.26. The molecule has 0 saturated carbocycles. The number of hydrogen-bond donors (Lipinski definition) is 1. The van der Waals surface area contributed by atoms with Gasteiger partial charge in [-0.05, 0) is 13.3 Å². The van der Waals surface area contributed by atoms with Crippen LogP contribution in [0.1, 0.15) is 32.4 Å². The summed E-state index contributed by atoms with van der Waals surface area (Å²) in [6, 6.07) is 0.562. The van der Waals surface area contributed by atoms with Crippen molar-refractivity contribution in [3.05, 3.63) is 11.9 Å². The van der Waals surface area contributed by atoms with Crippen LogP contribution in [-0.4, -0.2) is 21.0 Å². The van der Waals surface area contributed by atoms with Crippen LogP contribution in [0.25, 0.3) is 0 Å². The molecule has 1 atom stereocenters. The highest BCUT2D eigenvalue weighted by Crippen LogP contribution is 1.97. The SMILES string of the molecule is CCCC(C)NCc1cn(C)nn1.